The van der Waals surface area contributed by atoms with Crippen molar-refractivity contribution in [3.05, 3.63) is 12.2 Å². The summed E-state index contributed by atoms with van der Waals surface area (Å²) in [5.41, 5.74) is 0. The van der Waals surface area contributed by atoms with Crippen LogP contribution in [0.4, 0.5) is 0 Å². The summed E-state index contributed by atoms with van der Waals surface area (Å²) in [6.07, 6.45) is 9.83. The van der Waals surface area contributed by atoms with Gasteiger partial charge in [-0.25, -0.2) is 0 Å². The number of halogens is 2. The van der Waals surface area contributed by atoms with E-state index in [4.69, 9.17) is 0 Å². The first-order chi connectivity index (χ1) is 4.91. The van der Waals surface area contributed by atoms with Gasteiger partial charge < -0.3 is 0 Å². The molecular formula is C8H14I2. The minimum atomic E-state index is 1.27. The lowest BCUT2D eigenvalue weighted by Crippen LogP contribution is -1.72. The van der Waals surface area contributed by atoms with E-state index in [9.17, 15) is 0 Å². The average Bonchev–Trinajstić information content (AvgIpc) is 1.97. The molecule has 0 radical (unpaired) electrons. The molecule has 0 aliphatic carbocycles. The standard InChI is InChI=1S/C8H14I2/c9-7-5-3-1-2-4-6-8-10/h1-2H,3-8H2. The lowest BCUT2D eigenvalue weighted by Gasteiger charge is -1.88. The maximum Gasteiger partial charge on any atom is -0.000178 e. The summed E-state index contributed by atoms with van der Waals surface area (Å²) in [6, 6.07) is 0. The Morgan fingerprint density at radius 2 is 1.20 bits per heavy atom. The third-order valence-corrected chi connectivity index (χ3v) is 2.70. The summed E-state index contributed by atoms with van der Waals surface area (Å²) in [5.74, 6) is 0. The van der Waals surface area contributed by atoms with Crippen LogP contribution in [-0.4, -0.2) is 8.86 Å². The van der Waals surface area contributed by atoms with E-state index in [-0.39, 0.29) is 0 Å². The summed E-state index contributed by atoms with van der Waals surface area (Å²) in [4.78, 5) is 0. The van der Waals surface area contributed by atoms with Gasteiger partial charge in [-0.2, -0.15) is 0 Å². The van der Waals surface area contributed by atoms with Crippen LogP contribution in [-0.2, 0) is 0 Å². The fraction of sp³-hybridized carbons (Fsp3) is 0.750. The molecule has 0 aliphatic rings. The fourth-order valence-corrected chi connectivity index (χ4v) is 1.51. The molecule has 0 saturated carbocycles. The van der Waals surface area contributed by atoms with Gasteiger partial charge in [0.05, 0.1) is 0 Å². The molecule has 0 aromatic heterocycles. The van der Waals surface area contributed by atoms with E-state index in [0.29, 0.717) is 0 Å². The van der Waals surface area contributed by atoms with Crippen LogP contribution in [0.25, 0.3) is 0 Å². The monoisotopic (exact) mass is 364 g/mol. The minimum Gasteiger partial charge on any atom is -0.0885 e. The first-order valence-electron chi connectivity index (χ1n) is 3.68. The van der Waals surface area contributed by atoms with Crippen LogP contribution >= 0.6 is 45.2 Å². The Morgan fingerprint density at radius 1 is 0.800 bits per heavy atom. The smallest absolute Gasteiger partial charge is 0.000178 e. The maximum atomic E-state index is 2.42. The zero-order valence-electron chi connectivity index (χ0n) is 6.15. The zero-order valence-corrected chi connectivity index (χ0v) is 10.5. The Kier molecular flexibility index (Phi) is 11.4. The highest BCUT2D eigenvalue weighted by atomic mass is 127. The van der Waals surface area contributed by atoms with Crippen LogP contribution in [0.2, 0.25) is 0 Å². The van der Waals surface area contributed by atoms with Gasteiger partial charge in [0.1, 0.15) is 0 Å². The Morgan fingerprint density at radius 3 is 1.50 bits per heavy atom. The molecule has 0 bridgehead atoms. The second-order valence-corrected chi connectivity index (χ2v) is 4.29. The first-order valence-corrected chi connectivity index (χ1v) is 6.74. The van der Waals surface area contributed by atoms with Crippen molar-refractivity contribution in [2.45, 2.75) is 25.7 Å². The van der Waals surface area contributed by atoms with Crippen LogP contribution in [0, 0.1) is 0 Å². The Balaban J connectivity index is 2.89. The third-order valence-electron chi connectivity index (χ3n) is 1.18. The van der Waals surface area contributed by atoms with Crippen molar-refractivity contribution >= 4 is 45.2 Å². The average molecular weight is 364 g/mol. The Hall–Kier alpha value is 1.20. The van der Waals surface area contributed by atoms with Crippen LogP contribution in [0.5, 0.6) is 0 Å². The van der Waals surface area contributed by atoms with Crippen molar-refractivity contribution in [1.29, 1.82) is 0 Å². The zero-order chi connectivity index (χ0) is 7.66. The summed E-state index contributed by atoms with van der Waals surface area (Å²) < 4.78 is 2.57. The predicted molar refractivity (Wildman–Crippen MR) is 65.4 cm³/mol. The van der Waals surface area contributed by atoms with Crippen molar-refractivity contribution in [3.8, 4) is 0 Å². The van der Waals surface area contributed by atoms with E-state index in [1.165, 1.54) is 34.5 Å². The number of unbranched alkanes of at least 4 members (excludes halogenated alkanes) is 2. The lowest BCUT2D eigenvalue weighted by molar-refractivity contribution is 0.946. The van der Waals surface area contributed by atoms with Crippen LogP contribution in [0.3, 0.4) is 0 Å². The third kappa shape index (κ3) is 9.20. The van der Waals surface area contributed by atoms with Gasteiger partial charge in [0.25, 0.3) is 0 Å². The van der Waals surface area contributed by atoms with Crippen molar-refractivity contribution in [2.75, 3.05) is 8.86 Å². The van der Waals surface area contributed by atoms with Gasteiger partial charge in [-0.1, -0.05) is 57.3 Å². The highest BCUT2D eigenvalue weighted by molar-refractivity contribution is 14.1. The van der Waals surface area contributed by atoms with E-state index in [1.54, 1.807) is 0 Å². The van der Waals surface area contributed by atoms with Gasteiger partial charge in [0, 0.05) is 0 Å². The van der Waals surface area contributed by atoms with Gasteiger partial charge in [-0.05, 0) is 34.5 Å². The Labute approximate surface area is 91.1 Å². The quantitative estimate of drug-likeness (QED) is 0.290. The largest absolute Gasteiger partial charge is 0.0885 e. The van der Waals surface area contributed by atoms with Crippen LogP contribution < -0.4 is 0 Å². The molecule has 0 atom stereocenters. The van der Waals surface area contributed by atoms with Crippen molar-refractivity contribution < 1.29 is 0 Å². The molecule has 0 aromatic carbocycles. The molecule has 0 nitrogen and oxygen atoms in total. The minimum absolute atomic E-state index is 1.27. The van der Waals surface area contributed by atoms with Crippen LogP contribution in [0.1, 0.15) is 25.7 Å². The van der Waals surface area contributed by atoms with E-state index < -0.39 is 0 Å². The first kappa shape index (κ1) is 11.2. The van der Waals surface area contributed by atoms with Gasteiger partial charge in [0.2, 0.25) is 0 Å². The second kappa shape index (κ2) is 10.2. The Bertz CT molecular complexity index is 69.3. The number of hydrogen-bond acceptors (Lipinski definition) is 0. The highest BCUT2D eigenvalue weighted by Crippen LogP contribution is 1.99. The predicted octanol–water partition coefficient (Wildman–Crippen LogP) is 3.97. The molecule has 10 heavy (non-hydrogen) atoms. The molecule has 0 aliphatic heterocycles. The number of allylic oxidation sites excluding steroid dienone is 2. The number of alkyl halides is 2. The molecule has 60 valence electrons. The molecule has 0 heterocycles. The van der Waals surface area contributed by atoms with Gasteiger partial charge >= 0.3 is 0 Å². The molecular weight excluding hydrogens is 350 g/mol. The van der Waals surface area contributed by atoms with E-state index in [0.717, 1.165) is 0 Å². The highest BCUT2D eigenvalue weighted by Gasteiger charge is 1.80. The molecule has 2 heteroatoms. The molecule has 0 fully saturated rings. The molecule has 0 N–H and O–H groups in total. The van der Waals surface area contributed by atoms with E-state index >= 15 is 0 Å². The second-order valence-electron chi connectivity index (χ2n) is 2.13. The summed E-state index contributed by atoms with van der Waals surface area (Å²) >= 11 is 4.84. The van der Waals surface area contributed by atoms with Gasteiger partial charge in [-0.15, -0.1) is 0 Å². The molecule has 0 amide bonds. The number of rotatable bonds is 6. The van der Waals surface area contributed by atoms with Crippen molar-refractivity contribution in [1.82, 2.24) is 0 Å². The lowest BCUT2D eigenvalue weighted by atomic mass is 10.2. The van der Waals surface area contributed by atoms with E-state index in [1.807, 2.05) is 0 Å². The molecule has 0 unspecified atom stereocenters. The fourth-order valence-electron chi connectivity index (χ4n) is 0.626. The SMILES string of the molecule is ICCCC=CCCCI. The van der Waals surface area contributed by atoms with Crippen LogP contribution in [0.15, 0.2) is 12.2 Å². The molecule has 0 aromatic rings. The normalized spacial score (nSPS) is 11.0. The molecule has 0 saturated heterocycles. The summed E-state index contributed by atoms with van der Waals surface area (Å²) in [5, 5.41) is 0. The topological polar surface area (TPSA) is 0 Å². The van der Waals surface area contributed by atoms with Gasteiger partial charge in [-0.3, -0.25) is 0 Å². The van der Waals surface area contributed by atoms with Gasteiger partial charge in [0.15, 0.2) is 0 Å². The van der Waals surface area contributed by atoms with E-state index in [2.05, 4.69) is 57.3 Å². The molecule has 0 spiro atoms. The van der Waals surface area contributed by atoms with Crippen molar-refractivity contribution in [2.24, 2.45) is 0 Å². The van der Waals surface area contributed by atoms with Crippen molar-refractivity contribution in [3.63, 3.8) is 0 Å². The molecule has 0 rings (SSSR count). The summed E-state index contributed by atoms with van der Waals surface area (Å²) in [7, 11) is 0. The summed E-state index contributed by atoms with van der Waals surface area (Å²) in [6.45, 7) is 0. The number of hydrogen-bond donors (Lipinski definition) is 0. The maximum absolute atomic E-state index is 2.42.